The van der Waals surface area contributed by atoms with Crippen LogP contribution in [0, 0.1) is 0 Å². The summed E-state index contributed by atoms with van der Waals surface area (Å²) in [4.78, 5) is 23.8. The molecule has 0 saturated heterocycles. The summed E-state index contributed by atoms with van der Waals surface area (Å²) in [5.74, 6) is 0.838. The summed E-state index contributed by atoms with van der Waals surface area (Å²) in [7, 11) is 0. The van der Waals surface area contributed by atoms with Crippen molar-refractivity contribution in [2.75, 3.05) is 26.5 Å². The lowest BCUT2D eigenvalue weighted by atomic mass is 10.2. The van der Waals surface area contributed by atoms with Crippen LogP contribution < -0.4 is 24.8 Å². The Hall–Kier alpha value is -2.97. The minimum atomic E-state index is -0.923. The minimum absolute atomic E-state index is 0.0219. The number of rotatable bonds is 8. The van der Waals surface area contributed by atoms with Crippen molar-refractivity contribution in [2.45, 2.75) is 6.10 Å². The van der Waals surface area contributed by atoms with Crippen molar-refractivity contribution in [1.82, 2.24) is 10.6 Å². The third-order valence-corrected chi connectivity index (χ3v) is 4.18. The van der Waals surface area contributed by atoms with Crippen LogP contribution >= 0.6 is 11.6 Å². The number of fused-ring (bicyclic) bond motifs is 1. The van der Waals surface area contributed by atoms with Gasteiger partial charge in [-0.25, -0.2) is 0 Å². The molecule has 148 valence electrons. The van der Waals surface area contributed by atoms with Gasteiger partial charge < -0.3 is 30.0 Å². The molecule has 2 amide bonds. The highest BCUT2D eigenvalue weighted by molar-refractivity contribution is 6.33. The van der Waals surface area contributed by atoms with Crippen molar-refractivity contribution < 1.29 is 28.9 Å². The highest BCUT2D eigenvalue weighted by atomic mass is 35.5. The second-order valence-corrected chi connectivity index (χ2v) is 6.35. The number of halogens is 1. The number of hydrogen-bond acceptors (Lipinski definition) is 6. The quantitative estimate of drug-likeness (QED) is 0.611. The second kappa shape index (κ2) is 9.29. The number of hydrogen-bond donors (Lipinski definition) is 3. The van der Waals surface area contributed by atoms with E-state index in [2.05, 4.69) is 10.6 Å². The van der Waals surface area contributed by atoms with Crippen LogP contribution in [0.4, 0.5) is 0 Å². The Labute approximate surface area is 166 Å². The van der Waals surface area contributed by atoms with Crippen molar-refractivity contribution in [1.29, 1.82) is 0 Å². The van der Waals surface area contributed by atoms with Gasteiger partial charge in [0.05, 0.1) is 17.1 Å². The molecule has 0 radical (unpaired) electrons. The zero-order chi connectivity index (χ0) is 19.9. The molecule has 8 nitrogen and oxygen atoms in total. The van der Waals surface area contributed by atoms with E-state index in [-0.39, 0.29) is 32.1 Å². The Morgan fingerprint density at radius 1 is 1.14 bits per heavy atom. The van der Waals surface area contributed by atoms with E-state index in [1.165, 1.54) is 0 Å². The zero-order valence-electron chi connectivity index (χ0n) is 14.8. The number of amides is 2. The van der Waals surface area contributed by atoms with Gasteiger partial charge >= 0.3 is 0 Å². The molecule has 9 heteroatoms. The first-order chi connectivity index (χ1) is 13.5. The maximum Gasteiger partial charge on any atom is 0.253 e. The van der Waals surface area contributed by atoms with Gasteiger partial charge in [-0.05, 0) is 24.3 Å². The van der Waals surface area contributed by atoms with Crippen LogP contribution in [0.2, 0.25) is 5.02 Å². The molecule has 0 aliphatic carbocycles. The van der Waals surface area contributed by atoms with E-state index in [1.807, 2.05) is 0 Å². The molecule has 0 saturated carbocycles. The first kappa shape index (κ1) is 19.8. The summed E-state index contributed by atoms with van der Waals surface area (Å²) in [6.45, 7) is -0.114. The van der Waals surface area contributed by atoms with Crippen molar-refractivity contribution in [3.05, 3.63) is 53.1 Å². The van der Waals surface area contributed by atoms with Gasteiger partial charge in [-0.3, -0.25) is 9.59 Å². The summed E-state index contributed by atoms with van der Waals surface area (Å²) in [6.07, 6.45) is -0.923. The fourth-order valence-electron chi connectivity index (χ4n) is 2.41. The molecule has 0 fully saturated rings. The van der Waals surface area contributed by atoms with E-state index in [1.54, 1.807) is 42.5 Å². The Bertz CT molecular complexity index is 860. The summed E-state index contributed by atoms with van der Waals surface area (Å²) >= 11 is 5.93. The SMILES string of the molecule is O=C(CNC(=O)c1ccccc1Cl)NCC(O)COc1ccc2c(c1)OCO2. The number of nitrogens with one attached hydrogen (secondary N) is 2. The predicted octanol–water partition coefficient (Wildman–Crippen LogP) is 1.35. The van der Waals surface area contributed by atoms with Crippen LogP contribution in [0.25, 0.3) is 0 Å². The number of carbonyl (C=O) groups excluding carboxylic acids is 2. The normalized spacial score (nSPS) is 12.9. The maximum atomic E-state index is 12.0. The Morgan fingerprint density at radius 3 is 2.75 bits per heavy atom. The van der Waals surface area contributed by atoms with E-state index >= 15 is 0 Å². The molecule has 1 atom stereocenters. The molecular weight excluding hydrogens is 388 g/mol. The van der Waals surface area contributed by atoms with Gasteiger partial charge in [0.25, 0.3) is 5.91 Å². The molecule has 0 aromatic heterocycles. The summed E-state index contributed by atoms with van der Waals surface area (Å²) in [5.41, 5.74) is 0.286. The van der Waals surface area contributed by atoms with Crippen LogP contribution in [-0.4, -0.2) is 49.5 Å². The Balaban J connectivity index is 1.36. The largest absolute Gasteiger partial charge is 0.491 e. The number of benzene rings is 2. The molecule has 1 aliphatic rings. The van der Waals surface area contributed by atoms with Crippen LogP contribution in [-0.2, 0) is 4.79 Å². The van der Waals surface area contributed by atoms with E-state index < -0.39 is 17.9 Å². The fourth-order valence-corrected chi connectivity index (χ4v) is 2.63. The van der Waals surface area contributed by atoms with Crippen molar-refractivity contribution >= 4 is 23.4 Å². The molecule has 1 unspecified atom stereocenters. The standard InChI is InChI=1S/C19H19ClN2O6/c20-15-4-2-1-3-14(15)19(25)22-9-18(24)21-8-12(23)10-26-13-5-6-16-17(7-13)28-11-27-16/h1-7,12,23H,8-11H2,(H,21,24)(H,22,25). The lowest BCUT2D eigenvalue weighted by Crippen LogP contribution is -2.41. The van der Waals surface area contributed by atoms with Crippen LogP contribution in [0.5, 0.6) is 17.2 Å². The Morgan fingerprint density at radius 2 is 1.93 bits per heavy atom. The molecule has 28 heavy (non-hydrogen) atoms. The maximum absolute atomic E-state index is 12.0. The number of aliphatic hydroxyl groups is 1. The molecule has 0 spiro atoms. The molecule has 1 aliphatic heterocycles. The van der Waals surface area contributed by atoms with Crippen molar-refractivity contribution in [3.63, 3.8) is 0 Å². The minimum Gasteiger partial charge on any atom is -0.491 e. The Kier molecular flexibility index (Phi) is 6.57. The van der Waals surface area contributed by atoms with E-state index in [9.17, 15) is 14.7 Å². The zero-order valence-corrected chi connectivity index (χ0v) is 15.6. The molecule has 2 aromatic carbocycles. The van der Waals surface area contributed by atoms with E-state index in [4.69, 9.17) is 25.8 Å². The number of carbonyl (C=O) groups is 2. The highest BCUT2D eigenvalue weighted by Gasteiger charge is 2.15. The van der Waals surface area contributed by atoms with Crippen LogP contribution in [0.15, 0.2) is 42.5 Å². The van der Waals surface area contributed by atoms with Gasteiger partial charge in [0.15, 0.2) is 11.5 Å². The fraction of sp³-hybridized carbons (Fsp3) is 0.263. The average Bonchev–Trinajstić information content (AvgIpc) is 3.17. The first-order valence-electron chi connectivity index (χ1n) is 8.53. The smallest absolute Gasteiger partial charge is 0.253 e. The third kappa shape index (κ3) is 5.28. The third-order valence-electron chi connectivity index (χ3n) is 3.85. The summed E-state index contributed by atoms with van der Waals surface area (Å²) < 4.78 is 15.9. The van der Waals surface area contributed by atoms with Crippen molar-refractivity contribution in [3.8, 4) is 17.2 Å². The van der Waals surface area contributed by atoms with Gasteiger partial charge in [-0.1, -0.05) is 23.7 Å². The molecule has 3 N–H and O–H groups in total. The average molecular weight is 407 g/mol. The second-order valence-electron chi connectivity index (χ2n) is 5.95. The molecule has 3 rings (SSSR count). The lowest BCUT2D eigenvalue weighted by Gasteiger charge is -2.14. The van der Waals surface area contributed by atoms with Gasteiger partial charge in [0.1, 0.15) is 18.5 Å². The highest BCUT2D eigenvalue weighted by Crippen LogP contribution is 2.35. The molecule has 0 bridgehead atoms. The van der Waals surface area contributed by atoms with Gasteiger partial charge in [0.2, 0.25) is 12.7 Å². The van der Waals surface area contributed by atoms with E-state index in [0.29, 0.717) is 22.3 Å². The molecular formula is C19H19ClN2O6. The molecule has 2 aromatic rings. The number of ether oxygens (including phenoxy) is 3. The van der Waals surface area contributed by atoms with Gasteiger partial charge in [0, 0.05) is 12.6 Å². The predicted molar refractivity (Wildman–Crippen MR) is 101 cm³/mol. The lowest BCUT2D eigenvalue weighted by molar-refractivity contribution is -0.120. The van der Waals surface area contributed by atoms with Crippen LogP contribution in [0.3, 0.4) is 0 Å². The monoisotopic (exact) mass is 406 g/mol. The topological polar surface area (TPSA) is 106 Å². The van der Waals surface area contributed by atoms with Gasteiger partial charge in [-0.2, -0.15) is 0 Å². The summed E-state index contributed by atoms with van der Waals surface area (Å²) in [6, 6.07) is 11.6. The molecule has 1 heterocycles. The van der Waals surface area contributed by atoms with E-state index in [0.717, 1.165) is 0 Å². The first-order valence-corrected chi connectivity index (χ1v) is 8.90. The number of aliphatic hydroxyl groups excluding tert-OH is 1. The van der Waals surface area contributed by atoms with Crippen molar-refractivity contribution in [2.24, 2.45) is 0 Å². The summed E-state index contributed by atoms with van der Waals surface area (Å²) in [5, 5.41) is 15.2. The van der Waals surface area contributed by atoms with Gasteiger partial charge in [-0.15, -0.1) is 0 Å². The van der Waals surface area contributed by atoms with Crippen LogP contribution in [0.1, 0.15) is 10.4 Å².